The first-order valence-corrected chi connectivity index (χ1v) is 3.76. The number of aliphatic imine (C=N–C) groups is 1. The van der Waals surface area contributed by atoms with E-state index in [0.29, 0.717) is 0 Å². The molecule has 1 aliphatic carbocycles. The average Bonchev–Trinajstić information content (AvgIpc) is 2.05. The molecule has 0 fully saturated rings. The lowest BCUT2D eigenvalue weighted by Crippen LogP contribution is -2.06. The van der Waals surface area contributed by atoms with E-state index in [4.69, 9.17) is 5.73 Å². The summed E-state index contributed by atoms with van der Waals surface area (Å²) in [5, 5.41) is 0. The third kappa shape index (κ3) is 1.72. The van der Waals surface area contributed by atoms with E-state index in [-0.39, 0.29) is 0 Å². The summed E-state index contributed by atoms with van der Waals surface area (Å²) in [4.78, 5) is 4.09. The Morgan fingerprint density at radius 2 is 2.17 bits per heavy atom. The number of rotatable bonds is 1. The van der Waals surface area contributed by atoms with Gasteiger partial charge in [0.15, 0.2) is 0 Å². The lowest BCUT2D eigenvalue weighted by molar-refractivity contribution is 1.28. The molecule has 0 amide bonds. The van der Waals surface area contributed by atoms with Crippen molar-refractivity contribution in [2.45, 2.75) is 6.92 Å². The molecule has 2 N–H and O–H groups in total. The van der Waals surface area contributed by atoms with E-state index in [2.05, 4.69) is 11.6 Å². The SMILES string of the molecule is C=C/N=C1/C=CC=C/C1=C(\C)N. The highest BCUT2D eigenvalue weighted by atomic mass is 14.7. The Hall–Kier alpha value is -1.57. The normalized spacial score (nSPS) is 22.9. The van der Waals surface area contributed by atoms with Crippen molar-refractivity contribution in [3.8, 4) is 0 Å². The number of nitrogens with two attached hydrogens (primary N) is 1. The van der Waals surface area contributed by atoms with E-state index in [0.717, 1.165) is 17.0 Å². The standard InChI is InChI=1S/C10H12N2/c1-3-12-10-7-5-4-6-9(10)8(2)11/h3-7H,1,11H2,2H3/b9-8-,12-10-. The second kappa shape index (κ2) is 3.72. The molecule has 0 heterocycles. The highest BCUT2D eigenvalue weighted by Crippen LogP contribution is 2.10. The third-order valence-corrected chi connectivity index (χ3v) is 1.56. The lowest BCUT2D eigenvalue weighted by Gasteiger charge is -2.06. The average molecular weight is 160 g/mol. The van der Waals surface area contributed by atoms with Gasteiger partial charge in [-0.05, 0) is 13.0 Å². The first-order chi connectivity index (χ1) is 5.75. The van der Waals surface area contributed by atoms with Crippen molar-refractivity contribution < 1.29 is 0 Å². The van der Waals surface area contributed by atoms with Gasteiger partial charge in [-0.1, -0.05) is 24.8 Å². The maximum absolute atomic E-state index is 5.67. The predicted octanol–water partition coefficient (Wildman–Crippen LogP) is 1.93. The van der Waals surface area contributed by atoms with Gasteiger partial charge in [0, 0.05) is 17.5 Å². The minimum absolute atomic E-state index is 0.774. The van der Waals surface area contributed by atoms with Gasteiger partial charge in [0.2, 0.25) is 0 Å². The van der Waals surface area contributed by atoms with Crippen LogP contribution in [0.5, 0.6) is 0 Å². The molecule has 0 atom stereocenters. The van der Waals surface area contributed by atoms with Crippen LogP contribution < -0.4 is 5.73 Å². The van der Waals surface area contributed by atoms with Crippen LogP contribution in [-0.4, -0.2) is 5.71 Å². The number of allylic oxidation sites excluding steroid dienone is 6. The topological polar surface area (TPSA) is 38.4 Å². The molecule has 0 unspecified atom stereocenters. The summed E-state index contributed by atoms with van der Waals surface area (Å²) in [6.07, 6.45) is 9.23. The molecular weight excluding hydrogens is 148 g/mol. The van der Waals surface area contributed by atoms with E-state index in [1.54, 1.807) is 0 Å². The maximum Gasteiger partial charge on any atom is 0.0718 e. The van der Waals surface area contributed by atoms with E-state index in [9.17, 15) is 0 Å². The molecule has 62 valence electrons. The Morgan fingerprint density at radius 1 is 1.50 bits per heavy atom. The highest BCUT2D eigenvalue weighted by molar-refractivity contribution is 6.12. The van der Waals surface area contributed by atoms with Crippen molar-refractivity contribution in [1.29, 1.82) is 0 Å². The maximum atomic E-state index is 5.67. The zero-order valence-corrected chi connectivity index (χ0v) is 7.12. The van der Waals surface area contributed by atoms with Crippen LogP contribution in [0.3, 0.4) is 0 Å². The van der Waals surface area contributed by atoms with Gasteiger partial charge < -0.3 is 5.73 Å². The van der Waals surface area contributed by atoms with Crippen molar-refractivity contribution in [3.63, 3.8) is 0 Å². The Morgan fingerprint density at radius 3 is 2.75 bits per heavy atom. The fourth-order valence-corrected chi connectivity index (χ4v) is 1.02. The zero-order chi connectivity index (χ0) is 8.97. The quantitative estimate of drug-likeness (QED) is 0.625. The summed E-state index contributed by atoms with van der Waals surface area (Å²) in [7, 11) is 0. The summed E-state index contributed by atoms with van der Waals surface area (Å²) in [5.74, 6) is 0. The molecule has 0 aromatic rings. The molecule has 2 nitrogen and oxygen atoms in total. The van der Waals surface area contributed by atoms with E-state index in [1.165, 1.54) is 6.20 Å². The van der Waals surface area contributed by atoms with Crippen LogP contribution in [0, 0.1) is 0 Å². The molecule has 0 radical (unpaired) electrons. The smallest absolute Gasteiger partial charge is 0.0718 e. The van der Waals surface area contributed by atoms with Crippen molar-refractivity contribution in [2.24, 2.45) is 10.7 Å². The monoisotopic (exact) mass is 160 g/mol. The number of hydrogen-bond donors (Lipinski definition) is 1. The van der Waals surface area contributed by atoms with Crippen LogP contribution in [0.25, 0.3) is 0 Å². The summed E-state index contributed by atoms with van der Waals surface area (Å²) in [6.45, 7) is 5.40. The Labute approximate surface area is 72.5 Å². The van der Waals surface area contributed by atoms with Crippen LogP contribution in [0.15, 0.2) is 53.3 Å². The van der Waals surface area contributed by atoms with Gasteiger partial charge in [0.25, 0.3) is 0 Å². The number of hydrogen-bond acceptors (Lipinski definition) is 2. The summed E-state index contributed by atoms with van der Waals surface area (Å²) in [5.41, 5.74) is 8.28. The van der Waals surface area contributed by atoms with Crippen molar-refractivity contribution in [2.75, 3.05) is 0 Å². The second-order valence-electron chi connectivity index (χ2n) is 2.51. The minimum Gasteiger partial charge on any atom is -0.402 e. The predicted molar refractivity (Wildman–Crippen MR) is 52.8 cm³/mol. The van der Waals surface area contributed by atoms with E-state index < -0.39 is 0 Å². The summed E-state index contributed by atoms with van der Waals surface area (Å²) < 4.78 is 0. The van der Waals surface area contributed by atoms with Crippen LogP contribution in [-0.2, 0) is 0 Å². The largest absolute Gasteiger partial charge is 0.402 e. The summed E-state index contributed by atoms with van der Waals surface area (Å²) >= 11 is 0. The molecule has 0 aromatic carbocycles. The number of nitrogens with zero attached hydrogens (tertiary/aromatic N) is 1. The third-order valence-electron chi connectivity index (χ3n) is 1.56. The van der Waals surface area contributed by atoms with Gasteiger partial charge in [0.05, 0.1) is 5.71 Å². The molecule has 0 aliphatic heterocycles. The van der Waals surface area contributed by atoms with Crippen molar-refractivity contribution in [1.82, 2.24) is 0 Å². The van der Waals surface area contributed by atoms with E-state index in [1.807, 2.05) is 31.2 Å². The van der Waals surface area contributed by atoms with Gasteiger partial charge in [-0.2, -0.15) is 0 Å². The Balaban J connectivity index is 3.10. The van der Waals surface area contributed by atoms with Gasteiger partial charge in [0.1, 0.15) is 0 Å². The van der Waals surface area contributed by atoms with Gasteiger partial charge in [-0.25, -0.2) is 0 Å². The minimum atomic E-state index is 0.774. The van der Waals surface area contributed by atoms with Crippen molar-refractivity contribution >= 4 is 5.71 Å². The first kappa shape index (κ1) is 8.53. The van der Waals surface area contributed by atoms with Crippen LogP contribution in [0.4, 0.5) is 0 Å². The molecule has 1 rings (SSSR count). The lowest BCUT2D eigenvalue weighted by atomic mass is 10.0. The molecule has 0 aromatic heterocycles. The van der Waals surface area contributed by atoms with Gasteiger partial charge >= 0.3 is 0 Å². The zero-order valence-electron chi connectivity index (χ0n) is 7.12. The molecule has 0 bridgehead atoms. The molecule has 0 spiro atoms. The second-order valence-corrected chi connectivity index (χ2v) is 2.51. The van der Waals surface area contributed by atoms with Crippen molar-refractivity contribution in [3.05, 3.63) is 48.4 Å². The first-order valence-electron chi connectivity index (χ1n) is 3.76. The fraction of sp³-hybridized carbons (Fsp3) is 0.100. The van der Waals surface area contributed by atoms with Crippen LogP contribution in [0.1, 0.15) is 6.92 Å². The van der Waals surface area contributed by atoms with Crippen LogP contribution >= 0.6 is 0 Å². The molecule has 12 heavy (non-hydrogen) atoms. The highest BCUT2D eigenvalue weighted by Gasteiger charge is 2.04. The Kier molecular flexibility index (Phi) is 2.64. The van der Waals surface area contributed by atoms with Crippen LogP contribution in [0.2, 0.25) is 0 Å². The van der Waals surface area contributed by atoms with Gasteiger partial charge in [-0.15, -0.1) is 0 Å². The molecule has 1 aliphatic rings. The molecular formula is C10H12N2. The fourth-order valence-electron chi connectivity index (χ4n) is 1.02. The molecule has 0 saturated carbocycles. The molecule has 2 heteroatoms. The van der Waals surface area contributed by atoms with E-state index >= 15 is 0 Å². The summed E-state index contributed by atoms with van der Waals surface area (Å²) in [6, 6.07) is 0. The Bertz CT molecular complexity index is 300. The van der Waals surface area contributed by atoms with Gasteiger partial charge in [-0.3, -0.25) is 4.99 Å². The molecule has 0 saturated heterocycles.